The molecule has 0 spiro atoms. The first kappa shape index (κ1) is 43.4. The molecule has 2 saturated heterocycles. The molecule has 2 fully saturated rings. The second-order valence-corrected chi connectivity index (χ2v) is 21.0. The number of hydrogen-bond acceptors (Lipinski definition) is 6. The Bertz CT molecular complexity index is 1830. The fourth-order valence-corrected chi connectivity index (χ4v) is 12.8. The number of ketones is 1. The fourth-order valence-electron chi connectivity index (χ4n) is 8.13. The lowest BCUT2D eigenvalue weighted by Gasteiger charge is -2.44. The molecule has 0 bridgehead atoms. The van der Waals surface area contributed by atoms with Crippen LogP contribution in [0.4, 0.5) is 4.39 Å². The van der Waals surface area contributed by atoms with E-state index in [0.717, 1.165) is 10.4 Å². The monoisotopic (exact) mass is 798 g/mol. The van der Waals surface area contributed by atoms with Gasteiger partial charge in [-0.2, -0.15) is 0 Å². The summed E-state index contributed by atoms with van der Waals surface area (Å²) in [5.74, 6) is -2.24. The van der Waals surface area contributed by atoms with Gasteiger partial charge in [0.15, 0.2) is 5.78 Å². The maximum Gasteiger partial charge on any atom is 0.262 e. The van der Waals surface area contributed by atoms with E-state index < -0.39 is 67.5 Å². The van der Waals surface area contributed by atoms with Gasteiger partial charge in [0, 0.05) is 19.4 Å². The molecule has 0 unspecified atom stereocenters. The van der Waals surface area contributed by atoms with E-state index in [0.29, 0.717) is 50.6 Å². The number of rotatable bonds is 14. The molecule has 3 aromatic carbocycles. The molecular formula is C45H59FN4O6Si. The summed E-state index contributed by atoms with van der Waals surface area (Å²) in [5, 5.41) is 10.6. The maximum absolute atomic E-state index is 14.0. The zero-order chi connectivity index (χ0) is 41.4. The van der Waals surface area contributed by atoms with Crippen LogP contribution in [0.1, 0.15) is 98.5 Å². The van der Waals surface area contributed by atoms with Gasteiger partial charge in [-0.1, -0.05) is 113 Å². The molecule has 5 rings (SSSR count). The Labute approximate surface area is 337 Å². The third-order valence-electron chi connectivity index (χ3n) is 11.7. The molecule has 3 aromatic rings. The molecule has 10 nitrogen and oxygen atoms in total. The van der Waals surface area contributed by atoms with Gasteiger partial charge in [0.05, 0.1) is 0 Å². The minimum Gasteiger partial charge on any atom is -0.398 e. The molecule has 2 aliphatic heterocycles. The van der Waals surface area contributed by atoms with Crippen LogP contribution in [0.2, 0.25) is 5.04 Å². The van der Waals surface area contributed by atoms with Crippen molar-refractivity contribution in [2.45, 2.75) is 134 Å². The van der Waals surface area contributed by atoms with Crippen LogP contribution in [0.5, 0.6) is 0 Å². The first-order chi connectivity index (χ1) is 27.1. The van der Waals surface area contributed by atoms with Crippen LogP contribution in [-0.4, -0.2) is 78.9 Å². The molecule has 57 heavy (non-hydrogen) atoms. The number of nitrogens with one attached hydrogen (secondary N) is 3. The lowest BCUT2D eigenvalue weighted by Crippen LogP contribution is -2.68. The highest BCUT2D eigenvalue weighted by atomic mass is 28.4. The van der Waals surface area contributed by atoms with Crippen molar-refractivity contribution in [3.63, 3.8) is 0 Å². The number of fused-ring (bicyclic) bond motifs is 1. The van der Waals surface area contributed by atoms with Crippen LogP contribution in [0.25, 0.3) is 0 Å². The number of nitrogens with zero attached hydrogens (tertiary/aromatic N) is 1. The molecule has 2 heterocycles. The Morgan fingerprint density at radius 1 is 0.877 bits per heavy atom. The van der Waals surface area contributed by atoms with Crippen molar-refractivity contribution in [1.82, 2.24) is 20.9 Å². The molecule has 306 valence electrons. The lowest BCUT2D eigenvalue weighted by molar-refractivity contribution is -0.144. The average molecular weight is 799 g/mol. The minimum atomic E-state index is -2.92. The van der Waals surface area contributed by atoms with Gasteiger partial charge in [-0.05, 0) is 79.1 Å². The Morgan fingerprint density at radius 2 is 1.49 bits per heavy atom. The Kier molecular flexibility index (Phi) is 14.3. The van der Waals surface area contributed by atoms with Gasteiger partial charge in [-0.25, -0.2) is 4.39 Å². The van der Waals surface area contributed by atoms with Crippen molar-refractivity contribution in [2.75, 3.05) is 6.54 Å². The molecule has 0 aromatic heterocycles. The molecule has 3 N–H and O–H groups in total. The SMILES string of the molecule is CC[C@]1(C)NC(=O)[C@H](CCCCCC(=O)[C@@H](C)O[Si](c2ccccc2)(c2ccccc2)C(C)(C)C)NC(=O)[C@H]2CCCN2C(=O)[C@H](Cc2ccc(F)cc2)NC1=O. The number of unbranched alkanes of at least 4 members (excludes halogenated alkanes) is 2. The van der Waals surface area contributed by atoms with Crippen LogP contribution in [0.3, 0.4) is 0 Å². The molecule has 2 aliphatic rings. The summed E-state index contributed by atoms with van der Waals surface area (Å²) in [6.45, 7) is 12.1. The normalized spacial score (nSPS) is 22.7. The van der Waals surface area contributed by atoms with Gasteiger partial charge in [-0.15, -0.1) is 0 Å². The summed E-state index contributed by atoms with van der Waals surface area (Å²) in [6, 6.07) is 23.4. The number of hydrogen-bond donors (Lipinski definition) is 3. The smallest absolute Gasteiger partial charge is 0.262 e. The molecule has 4 amide bonds. The first-order valence-corrected chi connectivity index (χ1v) is 22.3. The average Bonchev–Trinajstić information content (AvgIpc) is 3.69. The predicted molar refractivity (Wildman–Crippen MR) is 222 cm³/mol. The Balaban J connectivity index is 1.25. The number of benzene rings is 3. The number of Topliss-reactive ketones (excluding diaryl/α,β-unsaturated/α-hetero) is 1. The molecular weight excluding hydrogens is 740 g/mol. The maximum atomic E-state index is 14.0. The summed E-state index contributed by atoms with van der Waals surface area (Å²) in [6.07, 6.45) is 3.03. The van der Waals surface area contributed by atoms with Crippen molar-refractivity contribution < 1.29 is 32.8 Å². The van der Waals surface area contributed by atoms with Crippen LogP contribution in [-0.2, 0) is 34.8 Å². The van der Waals surface area contributed by atoms with Crippen LogP contribution in [0, 0.1) is 5.82 Å². The molecule has 5 atom stereocenters. The number of halogens is 1. The molecule has 0 radical (unpaired) electrons. The van der Waals surface area contributed by atoms with E-state index in [1.807, 2.05) is 43.3 Å². The number of carbonyl (C=O) groups excluding carboxylic acids is 5. The van der Waals surface area contributed by atoms with Crippen LogP contribution < -0.4 is 26.3 Å². The standard InChI is InChI=1S/C45H59FN4O6Si/c1-7-45(6)43(55)48-37(30-32-25-27-33(46)28-26-32)42(54)50-29-17-23-38(50)41(53)47-36(40(52)49-45)22-15-10-16-24-39(51)31(2)56-57(44(3,4)5,34-18-11-8-12-19-34)35-20-13-9-14-21-35/h8-9,11-14,18-21,25-28,31,36-38H,7,10,15-17,22-24,29-30H2,1-6H3,(H,47,53)(H,48,55)(H,49,52)/t31-,36+,37+,38-,45+/m1/s1. The zero-order valence-corrected chi connectivity index (χ0v) is 35.2. The summed E-state index contributed by atoms with van der Waals surface area (Å²) in [5.41, 5.74) is -0.730. The second kappa shape index (κ2) is 18.7. The van der Waals surface area contributed by atoms with Gasteiger partial charge in [0.1, 0.15) is 35.6 Å². The second-order valence-electron chi connectivity index (χ2n) is 16.8. The van der Waals surface area contributed by atoms with E-state index in [1.165, 1.54) is 17.0 Å². The zero-order valence-electron chi connectivity index (χ0n) is 34.2. The van der Waals surface area contributed by atoms with E-state index >= 15 is 0 Å². The van der Waals surface area contributed by atoms with Crippen LogP contribution >= 0.6 is 0 Å². The van der Waals surface area contributed by atoms with Gasteiger partial charge in [-0.3, -0.25) is 24.0 Å². The van der Waals surface area contributed by atoms with Crippen molar-refractivity contribution in [1.29, 1.82) is 0 Å². The van der Waals surface area contributed by atoms with Gasteiger partial charge in [0.25, 0.3) is 8.32 Å². The highest BCUT2D eigenvalue weighted by molar-refractivity contribution is 6.99. The lowest BCUT2D eigenvalue weighted by atomic mass is 9.94. The predicted octanol–water partition coefficient (Wildman–Crippen LogP) is 5.11. The number of carbonyl (C=O) groups is 5. The van der Waals surface area contributed by atoms with Gasteiger partial charge < -0.3 is 25.3 Å². The molecule has 0 saturated carbocycles. The minimum absolute atomic E-state index is 0.00786. The first-order valence-electron chi connectivity index (χ1n) is 20.4. The summed E-state index contributed by atoms with van der Waals surface area (Å²) in [7, 11) is -2.92. The van der Waals surface area contributed by atoms with Crippen molar-refractivity contribution in [3.05, 3.63) is 96.3 Å². The van der Waals surface area contributed by atoms with Crippen molar-refractivity contribution in [3.8, 4) is 0 Å². The number of amides is 4. The van der Waals surface area contributed by atoms with E-state index in [4.69, 9.17) is 4.43 Å². The molecule has 0 aliphatic carbocycles. The summed E-state index contributed by atoms with van der Waals surface area (Å²) in [4.78, 5) is 70.7. The van der Waals surface area contributed by atoms with Crippen molar-refractivity contribution in [2.24, 2.45) is 0 Å². The fraction of sp³-hybridized carbons (Fsp3) is 0.489. The quantitative estimate of drug-likeness (QED) is 0.154. The van der Waals surface area contributed by atoms with Crippen LogP contribution in [0.15, 0.2) is 84.9 Å². The third-order valence-corrected chi connectivity index (χ3v) is 16.8. The highest BCUT2D eigenvalue weighted by Gasteiger charge is 2.51. The van der Waals surface area contributed by atoms with E-state index in [9.17, 15) is 28.4 Å². The largest absolute Gasteiger partial charge is 0.398 e. The summed E-state index contributed by atoms with van der Waals surface area (Å²) >= 11 is 0. The highest BCUT2D eigenvalue weighted by Crippen LogP contribution is 2.37. The van der Waals surface area contributed by atoms with Crippen molar-refractivity contribution >= 4 is 48.1 Å². The van der Waals surface area contributed by atoms with E-state index in [2.05, 4.69) is 61.0 Å². The topological polar surface area (TPSA) is 134 Å². The van der Waals surface area contributed by atoms with Gasteiger partial charge >= 0.3 is 0 Å². The summed E-state index contributed by atoms with van der Waals surface area (Å²) < 4.78 is 20.7. The Morgan fingerprint density at radius 3 is 2.07 bits per heavy atom. The Hall–Kier alpha value is -4.68. The van der Waals surface area contributed by atoms with E-state index in [1.54, 1.807) is 26.0 Å². The van der Waals surface area contributed by atoms with Gasteiger partial charge in [0.2, 0.25) is 23.6 Å². The molecule has 12 heteroatoms. The van der Waals surface area contributed by atoms with E-state index in [-0.39, 0.29) is 30.1 Å². The third kappa shape index (κ3) is 10.1.